The summed E-state index contributed by atoms with van der Waals surface area (Å²) in [5, 5.41) is 9.18. The third-order valence-electron chi connectivity index (χ3n) is 7.67. The van der Waals surface area contributed by atoms with Gasteiger partial charge in [-0.2, -0.15) is 0 Å². The molecule has 0 radical (unpaired) electrons. The van der Waals surface area contributed by atoms with E-state index in [4.69, 9.17) is 4.74 Å². The predicted molar refractivity (Wildman–Crippen MR) is 173 cm³/mol. The number of carbonyl (C=O) groups excluding carboxylic acids is 2. The van der Waals surface area contributed by atoms with E-state index >= 15 is 0 Å². The lowest BCUT2D eigenvalue weighted by Crippen LogP contribution is -2.43. The first-order valence-electron chi connectivity index (χ1n) is 14.9. The average molecular weight is 642 g/mol. The van der Waals surface area contributed by atoms with Crippen molar-refractivity contribution in [3.63, 3.8) is 0 Å². The fourth-order valence-corrected chi connectivity index (χ4v) is 8.26. The maximum absolute atomic E-state index is 13.6. The average Bonchev–Trinajstić information content (AvgIpc) is 3.34. The number of nitrogens with zero attached hydrogens (tertiary/aromatic N) is 2. The molecule has 11 nitrogen and oxygen atoms in total. The monoisotopic (exact) mass is 641 g/mol. The highest BCUT2D eigenvalue weighted by molar-refractivity contribution is 7.89. The third kappa shape index (κ3) is 7.76. The highest BCUT2D eigenvalue weighted by Gasteiger charge is 2.51. The van der Waals surface area contributed by atoms with Crippen LogP contribution in [-0.4, -0.2) is 73.9 Å². The van der Waals surface area contributed by atoms with Gasteiger partial charge in [-0.1, -0.05) is 6.07 Å². The second kappa shape index (κ2) is 12.5. The number of urea groups is 1. The zero-order valence-electron chi connectivity index (χ0n) is 25.8. The van der Waals surface area contributed by atoms with E-state index in [1.807, 2.05) is 12.1 Å². The summed E-state index contributed by atoms with van der Waals surface area (Å²) in [6, 6.07) is 12.1. The van der Waals surface area contributed by atoms with Crippen LogP contribution in [0, 0.1) is 0 Å². The molecule has 0 unspecified atom stereocenters. The van der Waals surface area contributed by atoms with E-state index in [-0.39, 0.29) is 17.0 Å². The highest BCUT2D eigenvalue weighted by Crippen LogP contribution is 2.38. The molecule has 1 spiro atoms. The molecule has 3 amide bonds. The zero-order chi connectivity index (χ0) is 31.7. The van der Waals surface area contributed by atoms with Crippen molar-refractivity contribution in [2.45, 2.75) is 70.0 Å². The van der Waals surface area contributed by atoms with Crippen molar-refractivity contribution in [2.75, 3.05) is 36.8 Å². The van der Waals surface area contributed by atoms with Gasteiger partial charge in [-0.15, -0.1) is 11.3 Å². The molecular weight excluding hydrogens is 601 g/mol. The van der Waals surface area contributed by atoms with Gasteiger partial charge in [0, 0.05) is 47.1 Å². The van der Waals surface area contributed by atoms with Gasteiger partial charge >= 0.3 is 12.1 Å². The first kappa shape index (κ1) is 31.9. The summed E-state index contributed by atoms with van der Waals surface area (Å²) in [4.78, 5) is 30.0. The van der Waals surface area contributed by atoms with Crippen LogP contribution >= 0.6 is 11.3 Å². The minimum Gasteiger partial charge on any atom is -0.447 e. The first-order valence-corrected chi connectivity index (χ1v) is 17.2. The summed E-state index contributed by atoms with van der Waals surface area (Å²) >= 11 is 1.35. The van der Waals surface area contributed by atoms with Gasteiger partial charge in [-0.3, -0.25) is 5.32 Å². The number of nitrogens with one attached hydrogen (secondary N) is 4. The lowest BCUT2D eigenvalue weighted by atomic mass is 10.1. The smallest absolute Gasteiger partial charge is 0.411 e. The molecule has 2 aliphatic heterocycles. The predicted octanol–water partition coefficient (Wildman–Crippen LogP) is 5.63. The minimum atomic E-state index is -3.97. The molecular formula is C31H41N6O5S2+. The van der Waals surface area contributed by atoms with E-state index < -0.39 is 21.7 Å². The molecule has 44 heavy (non-hydrogen) atoms. The van der Waals surface area contributed by atoms with Gasteiger partial charge in [0.05, 0.1) is 29.0 Å². The van der Waals surface area contributed by atoms with Crippen molar-refractivity contribution in [2.24, 2.45) is 0 Å². The molecule has 5 rings (SSSR count). The van der Waals surface area contributed by atoms with Crippen molar-refractivity contribution >= 4 is 44.9 Å². The van der Waals surface area contributed by atoms with Crippen molar-refractivity contribution in [1.29, 1.82) is 0 Å². The summed E-state index contributed by atoms with van der Waals surface area (Å²) in [6.07, 6.45) is 3.19. The number of carbonyl (C=O) groups is 2. The molecule has 1 aromatic heterocycles. The highest BCUT2D eigenvalue weighted by atomic mass is 32.2. The van der Waals surface area contributed by atoms with Crippen LogP contribution < -0.4 is 20.7 Å². The molecule has 13 heteroatoms. The molecule has 2 aromatic carbocycles. The molecule has 236 valence electrons. The molecule has 3 aromatic rings. The zero-order valence-corrected chi connectivity index (χ0v) is 27.4. The van der Waals surface area contributed by atoms with Crippen molar-refractivity contribution in [3.8, 4) is 21.0 Å². The number of benzene rings is 2. The van der Waals surface area contributed by atoms with Crippen LogP contribution in [0.25, 0.3) is 21.0 Å². The van der Waals surface area contributed by atoms with Gasteiger partial charge in [0.15, 0.2) is 0 Å². The van der Waals surface area contributed by atoms with Crippen LogP contribution in [0.3, 0.4) is 0 Å². The Morgan fingerprint density at radius 1 is 1.05 bits per heavy atom. The maximum Gasteiger partial charge on any atom is 0.411 e. The molecule has 4 N–H and O–H groups in total. The van der Waals surface area contributed by atoms with E-state index in [1.54, 1.807) is 65.1 Å². The number of ether oxygens (including phenoxy) is 1. The molecule has 1 atom stereocenters. The number of aromatic nitrogens is 1. The van der Waals surface area contributed by atoms with Crippen LogP contribution in [0.1, 0.15) is 47.5 Å². The van der Waals surface area contributed by atoms with Gasteiger partial charge in [-0.25, -0.2) is 27.7 Å². The van der Waals surface area contributed by atoms with E-state index in [2.05, 4.69) is 25.7 Å². The summed E-state index contributed by atoms with van der Waals surface area (Å²) in [5.74, 6) is 0. The Kier molecular flexibility index (Phi) is 9.04. The quantitative estimate of drug-likeness (QED) is 0.177. The summed E-state index contributed by atoms with van der Waals surface area (Å²) < 4.78 is 36.2. The molecule has 2 aliphatic rings. The lowest BCUT2D eigenvalue weighted by molar-refractivity contribution is -0.811. The normalized spacial score (nSPS) is 17.5. The van der Waals surface area contributed by atoms with Gasteiger partial charge in [0.2, 0.25) is 10.0 Å². The number of sulfonamides is 1. The Balaban J connectivity index is 1.35. The number of amides is 3. The number of quaternary nitrogens is 1. The second-order valence-corrected chi connectivity index (χ2v) is 15.5. The SMILES string of the molecule is CC(C)OC(=O)Nc1ccc(-c2ncc(-c3ccc(NC(=O)NC[C@H]4CCC[N+]45CC5)cc3S(=O)(=O)NC(C)(C)C)s2)cc1. The van der Waals surface area contributed by atoms with Crippen LogP contribution in [0.2, 0.25) is 0 Å². The van der Waals surface area contributed by atoms with Crippen molar-refractivity contribution in [1.82, 2.24) is 15.0 Å². The number of hydrogen-bond acceptors (Lipinski definition) is 7. The minimum absolute atomic E-state index is 0.0491. The van der Waals surface area contributed by atoms with E-state index in [9.17, 15) is 18.0 Å². The van der Waals surface area contributed by atoms with Crippen molar-refractivity contribution in [3.05, 3.63) is 48.7 Å². The second-order valence-electron chi connectivity index (χ2n) is 12.8. The fraction of sp³-hybridized carbons (Fsp3) is 0.452. The molecule has 0 saturated carbocycles. The number of hydrogen-bond donors (Lipinski definition) is 4. The molecule has 2 fully saturated rings. The maximum atomic E-state index is 13.6. The topological polar surface area (TPSA) is 139 Å². The Morgan fingerprint density at radius 3 is 2.41 bits per heavy atom. The fourth-order valence-electron chi connectivity index (χ4n) is 5.57. The molecule has 0 aliphatic carbocycles. The number of anilines is 2. The lowest BCUT2D eigenvalue weighted by Gasteiger charge is -2.22. The molecule has 2 saturated heterocycles. The van der Waals surface area contributed by atoms with E-state index in [1.165, 1.54) is 43.5 Å². The largest absolute Gasteiger partial charge is 0.447 e. The number of rotatable bonds is 9. The standard InChI is InChI=1S/C31H40N6O5S2/c1-20(2)42-30(39)35-22-10-8-21(9-11-22)28-32-19-26(43-28)25-13-12-23(17-27(25)44(40,41)36-31(3,4)5)34-29(38)33-18-24-7-6-14-37(24)15-16-37/h8-13,17,19-20,24,36H,6-7,14-16,18H2,1-5H3,(H2-,32,33,34,35,38,39)/p+1/t24-/m1/s1. The summed E-state index contributed by atoms with van der Waals surface area (Å²) in [5.41, 5.74) is 1.53. The molecule has 0 bridgehead atoms. The van der Waals surface area contributed by atoms with Gasteiger partial charge < -0.3 is 19.9 Å². The Bertz CT molecular complexity index is 1630. The van der Waals surface area contributed by atoms with Crippen LogP contribution in [0.4, 0.5) is 21.0 Å². The van der Waals surface area contributed by atoms with Crippen molar-refractivity contribution < 1.29 is 27.2 Å². The summed E-state index contributed by atoms with van der Waals surface area (Å²) in [6.45, 7) is 13.1. The summed E-state index contributed by atoms with van der Waals surface area (Å²) in [7, 11) is -3.97. The third-order valence-corrected chi connectivity index (χ3v) is 10.6. The van der Waals surface area contributed by atoms with Crippen LogP contribution in [0.5, 0.6) is 0 Å². The van der Waals surface area contributed by atoms with Crippen LogP contribution in [-0.2, 0) is 14.8 Å². The Morgan fingerprint density at radius 2 is 1.75 bits per heavy atom. The van der Waals surface area contributed by atoms with E-state index in [0.717, 1.165) is 16.5 Å². The van der Waals surface area contributed by atoms with Gasteiger partial charge in [0.25, 0.3) is 0 Å². The van der Waals surface area contributed by atoms with Gasteiger partial charge in [0.1, 0.15) is 24.1 Å². The first-order chi connectivity index (χ1) is 20.7. The number of thiazole rings is 1. The Labute approximate surface area is 263 Å². The van der Waals surface area contributed by atoms with E-state index in [0.29, 0.717) is 39.4 Å². The van der Waals surface area contributed by atoms with Gasteiger partial charge in [-0.05, 0) is 71.0 Å². The Hall–Kier alpha value is -3.52. The molecule has 3 heterocycles. The van der Waals surface area contributed by atoms with Crippen LogP contribution in [0.15, 0.2) is 53.6 Å².